The van der Waals surface area contributed by atoms with Crippen molar-refractivity contribution in [3.05, 3.63) is 11.7 Å². The fourth-order valence-corrected chi connectivity index (χ4v) is 2.26. The van der Waals surface area contributed by atoms with E-state index in [1.807, 2.05) is 0 Å². The lowest BCUT2D eigenvalue weighted by molar-refractivity contribution is -0.182. The lowest BCUT2D eigenvalue weighted by atomic mass is 9.81. The van der Waals surface area contributed by atoms with Crippen molar-refractivity contribution in [1.82, 2.24) is 10.1 Å². The van der Waals surface area contributed by atoms with E-state index in [2.05, 4.69) is 10.1 Å². The van der Waals surface area contributed by atoms with E-state index in [9.17, 15) is 13.2 Å². The van der Waals surface area contributed by atoms with Crippen molar-refractivity contribution in [1.29, 1.82) is 0 Å². The Balaban J connectivity index is 1.95. The van der Waals surface area contributed by atoms with Gasteiger partial charge in [-0.3, -0.25) is 0 Å². The molecule has 3 nitrogen and oxygen atoms in total. The van der Waals surface area contributed by atoms with Crippen molar-refractivity contribution < 1.29 is 17.7 Å². The lowest BCUT2D eigenvalue weighted by Crippen LogP contribution is -2.27. The summed E-state index contributed by atoms with van der Waals surface area (Å²) in [5.41, 5.74) is 0. The van der Waals surface area contributed by atoms with E-state index in [0.29, 0.717) is 24.6 Å². The summed E-state index contributed by atoms with van der Waals surface area (Å²) in [7, 11) is 0. The van der Waals surface area contributed by atoms with Gasteiger partial charge in [-0.25, -0.2) is 0 Å². The van der Waals surface area contributed by atoms with Crippen LogP contribution in [-0.4, -0.2) is 16.3 Å². The standard InChI is InChI=1S/C10H12ClF3N2O/c11-5-8-15-9(17-16-8)6-1-3-7(4-2-6)10(12,13)14/h6-7H,1-5H2. The fraction of sp³-hybridized carbons (Fsp3) is 0.800. The smallest absolute Gasteiger partial charge is 0.339 e. The SMILES string of the molecule is FC(F)(F)C1CCC(c2nc(CCl)no2)CC1. The maximum Gasteiger partial charge on any atom is 0.391 e. The molecular formula is C10H12ClF3N2O. The highest BCUT2D eigenvalue weighted by Gasteiger charge is 2.42. The summed E-state index contributed by atoms with van der Waals surface area (Å²) in [6.45, 7) is 0. The summed E-state index contributed by atoms with van der Waals surface area (Å²) in [5.74, 6) is -0.283. The number of aromatic nitrogens is 2. The molecular weight excluding hydrogens is 257 g/mol. The van der Waals surface area contributed by atoms with Crippen LogP contribution in [0.25, 0.3) is 0 Å². The van der Waals surface area contributed by atoms with Crippen molar-refractivity contribution >= 4 is 11.6 Å². The number of alkyl halides is 4. The molecule has 0 atom stereocenters. The molecule has 2 rings (SSSR count). The van der Waals surface area contributed by atoms with Crippen molar-refractivity contribution in [2.24, 2.45) is 5.92 Å². The maximum absolute atomic E-state index is 12.5. The van der Waals surface area contributed by atoms with Crippen LogP contribution in [0.15, 0.2) is 4.52 Å². The molecule has 1 aromatic heterocycles. The maximum atomic E-state index is 12.5. The molecule has 0 aromatic carbocycles. The predicted octanol–water partition coefficient (Wildman–Crippen LogP) is 3.64. The Morgan fingerprint density at radius 3 is 2.35 bits per heavy atom. The number of hydrogen-bond donors (Lipinski definition) is 0. The van der Waals surface area contributed by atoms with Crippen LogP contribution in [-0.2, 0) is 5.88 Å². The first-order chi connectivity index (χ1) is 8.00. The van der Waals surface area contributed by atoms with Gasteiger partial charge >= 0.3 is 6.18 Å². The monoisotopic (exact) mass is 268 g/mol. The van der Waals surface area contributed by atoms with Gasteiger partial charge in [-0.15, -0.1) is 11.6 Å². The Morgan fingerprint density at radius 2 is 1.88 bits per heavy atom. The molecule has 1 aliphatic carbocycles. The third-order valence-electron chi connectivity index (χ3n) is 3.14. The van der Waals surface area contributed by atoms with E-state index >= 15 is 0 Å². The fourth-order valence-electron chi connectivity index (χ4n) is 2.16. The zero-order valence-corrected chi connectivity index (χ0v) is 9.76. The van der Waals surface area contributed by atoms with Crippen LogP contribution in [0.2, 0.25) is 0 Å². The largest absolute Gasteiger partial charge is 0.391 e. The van der Waals surface area contributed by atoms with E-state index in [-0.39, 0.29) is 24.6 Å². The molecule has 1 aliphatic rings. The number of hydrogen-bond acceptors (Lipinski definition) is 3. The molecule has 0 aliphatic heterocycles. The molecule has 0 saturated heterocycles. The zero-order valence-electron chi connectivity index (χ0n) is 9.00. The minimum Gasteiger partial charge on any atom is -0.339 e. The van der Waals surface area contributed by atoms with Gasteiger partial charge in [0.2, 0.25) is 5.89 Å². The normalized spacial score (nSPS) is 26.1. The molecule has 7 heteroatoms. The van der Waals surface area contributed by atoms with Gasteiger partial charge in [-0.05, 0) is 25.7 Å². The van der Waals surface area contributed by atoms with Crippen LogP contribution in [0, 0.1) is 5.92 Å². The first-order valence-corrected chi connectivity index (χ1v) is 5.99. The molecule has 1 heterocycles. The van der Waals surface area contributed by atoms with Crippen molar-refractivity contribution in [3.8, 4) is 0 Å². The van der Waals surface area contributed by atoms with Gasteiger partial charge in [0.1, 0.15) is 0 Å². The Kier molecular flexibility index (Phi) is 3.61. The van der Waals surface area contributed by atoms with E-state index < -0.39 is 12.1 Å². The molecule has 1 fully saturated rings. The van der Waals surface area contributed by atoms with E-state index in [4.69, 9.17) is 16.1 Å². The Bertz CT molecular complexity index is 372. The molecule has 0 bridgehead atoms. The van der Waals surface area contributed by atoms with Crippen LogP contribution in [0.1, 0.15) is 43.3 Å². The topological polar surface area (TPSA) is 38.9 Å². The van der Waals surface area contributed by atoms with Crippen LogP contribution in [0.4, 0.5) is 13.2 Å². The zero-order chi connectivity index (χ0) is 12.5. The molecule has 0 unspecified atom stereocenters. The first-order valence-electron chi connectivity index (χ1n) is 5.46. The molecule has 0 N–H and O–H groups in total. The molecule has 96 valence electrons. The summed E-state index contributed by atoms with van der Waals surface area (Å²) in [4.78, 5) is 4.05. The number of nitrogens with zero attached hydrogens (tertiary/aromatic N) is 2. The second-order valence-electron chi connectivity index (χ2n) is 4.27. The van der Waals surface area contributed by atoms with E-state index in [1.165, 1.54) is 0 Å². The van der Waals surface area contributed by atoms with Gasteiger partial charge in [-0.2, -0.15) is 18.2 Å². The highest BCUT2D eigenvalue weighted by atomic mass is 35.5. The van der Waals surface area contributed by atoms with Crippen LogP contribution < -0.4 is 0 Å². The summed E-state index contributed by atoms with van der Waals surface area (Å²) < 4.78 is 42.4. The summed E-state index contributed by atoms with van der Waals surface area (Å²) >= 11 is 5.53. The van der Waals surface area contributed by atoms with Gasteiger partial charge in [0, 0.05) is 5.92 Å². The summed E-state index contributed by atoms with van der Waals surface area (Å²) in [5, 5.41) is 3.64. The van der Waals surface area contributed by atoms with Gasteiger partial charge < -0.3 is 4.52 Å². The molecule has 17 heavy (non-hydrogen) atoms. The summed E-state index contributed by atoms with van der Waals surface area (Å²) in [6, 6.07) is 0. The third kappa shape index (κ3) is 2.91. The molecule has 1 saturated carbocycles. The van der Waals surface area contributed by atoms with Crippen molar-refractivity contribution in [3.63, 3.8) is 0 Å². The van der Waals surface area contributed by atoms with Gasteiger partial charge in [0.05, 0.1) is 11.8 Å². The Hall–Kier alpha value is -0.780. The van der Waals surface area contributed by atoms with Crippen molar-refractivity contribution in [2.75, 3.05) is 0 Å². The van der Waals surface area contributed by atoms with Gasteiger partial charge in [0.15, 0.2) is 5.82 Å². The van der Waals surface area contributed by atoms with E-state index in [1.54, 1.807) is 0 Å². The molecule has 0 amide bonds. The molecule has 0 spiro atoms. The Labute approximate surface area is 101 Å². The van der Waals surface area contributed by atoms with Crippen LogP contribution >= 0.6 is 11.6 Å². The predicted molar refractivity (Wildman–Crippen MR) is 54.6 cm³/mol. The van der Waals surface area contributed by atoms with Crippen molar-refractivity contribution in [2.45, 2.75) is 43.7 Å². The van der Waals surface area contributed by atoms with Gasteiger partial charge in [-0.1, -0.05) is 5.16 Å². The summed E-state index contributed by atoms with van der Waals surface area (Å²) in [6.07, 6.45) is -2.94. The second kappa shape index (κ2) is 4.84. The van der Waals surface area contributed by atoms with Gasteiger partial charge in [0.25, 0.3) is 0 Å². The minimum atomic E-state index is -4.08. The highest BCUT2D eigenvalue weighted by molar-refractivity contribution is 6.16. The number of halogens is 4. The average molecular weight is 269 g/mol. The molecule has 1 aromatic rings. The number of rotatable bonds is 2. The quantitative estimate of drug-likeness (QED) is 0.769. The molecule has 0 radical (unpaired) electrons. The van der Waals surface area contributed by atoms with Crippen LogP contribution in [0.5, 0.6) is 0 Å². The second-order valence-corrected chi connectivity index (χ2v) is 4.54. The third-order valence-corrected chi connectivity index (χ3v) is 3.38. The first kappa shape index (κ1) is 12.7. The Morgan fingerprint density at radius 1 is 1.24 bits per heavy atom. The highest BCUT2D eigenvalue weighted by Crippen LogP contribution is 2.42. The van der Waals surface area contributed by atoms with E-state index in [0.717, 1.165) is 0 Å². The lowest BCUT2D eigenvalue weighted by Gasteiger charge is -2.27. The van der Waals surface area contributed by atoms with Crippen LogP contribution in [0.3, 0.4) is 0 Å². The average Bonchev–Trinajstić information content (AvgIpc) is 2.76. The minimum absolute atomic E-state index is 0.0573.